The number of aromatic carboxylic acids is 1. The predicted molar refractivity (Wildman–Crippen MR) is 73.1 cm³/mol. The second-order valence-corrected chi connectivity index (χ2v) is 4.57. The molecule has 0 unspecified atom stereocenters. The molecule has 2 aromatic carbocycles. The lowest BCUT2D eigenvalue weighted by atomic mass is 10.2. The van der Waals surface area contributed by atoms with Gasteiger partial charge in [0.05, 0.1) is 11.1 Å². The van der Waals surface area contributed by atoms with E-state index in [0.717, 1.165) is 0 Å². The average Bonchev–Trinajstić information content (AvgIpc) is 2.81. The zero-order valence-electron chi connectivity index (χ0n) is 10.0. The van der Waals surface area contributed by atoms with Crippen LogP contribution in [0, 0.1) is 0 Å². The Morgan fingerprint density at radius 3 is 2.75 bits per heavy atom. The summed E-state index contributed by atoms with van der Waals surface area (Å²) in [4.78, 5) is 15.3. The molecule has 0 bridgehead atoms. The van der Waals surface area contributed by atoms with Crippen LogP contribution in [0.4, 0.5) is 0 Å². The maximum atomic E-state index is 11.1. The Balaban J connectivity index is 2.23. The van der Waals surface area contributed by atoms with Crippen molar-refractivity contribution in [3.63, 3.8) is 0 Å². The highest BCUT2D eigenvalue weighted by Gasteiger charge is 2.17. The first kappa shape index (κ1) is 12.5. The van der Waals surface area contributed by atoms with E-state index in [1.165, 1.54) is 12.1 Å². The third-order valence-corrected chi connectivity index (χ3v) is 3.07. The number of phenols is 1. The number of rotatable bonds is 2. The Kier molecular flexibility index (Phi) is 2.84. The highest BCUT2D eigenvalue weighted by molar-refractivity contribution is 6.30. The molecule has 100 valence electrons. The highest BCUT2D eigenvalue weighted by Crippen LogP contribution is 2.33. The van der Waals surface area contributed by atoms with E-state index < -0.39 is 5.97 Å². The number of carbonyl (C=O) groups is 1. The lowest BCUT2D eigenvalue weighted by molar-refractivity contribution is 0.0699. The van der Waals surface area contributed by atoms with Crippen LogP contribution in [0.25, 0.3) is 22.6 Å². The van der Waals surface area contributed by atoms with Crippen molar-refractivity contribution in [3.8, 4) is 17.2 Å². The minimum atomic E-state index is -1.09. The van der Waals surface area contributed by atoms with Crippen LogP contribution < -0.4 is 0 Å². The summed E-state index contributed by atoms with van der Waals surface area (Å²) in [5.74, 6) is -1.03. The first-order chi connectivity index (χ1) is 9.56. The summed E-state index contributed by atoms with van der Waals surface area (Å²) in [6.07, 6.45) is 0. The van der Waals surface area contributed by atoms with E-state index in [0.29, 0.717) is 16.2 Å². The van der Waals surface area contributed by atoms with Crippen LogP contribution in [0.1, 0.15) is 10.4 Å². The van der Waals surface area contributed by atoms with E-state index in [9.17, 15) is 9.90 Å². The average molecular weight is 290 g/mol. The highest BCUT2D eigenvalue weighted by atomic mass is 35.5. The first-order valence-corrected chi connectivity index (χ1v) is 6.06. The van der Waals surface area contributed by atoms with Gasteiger partial charge >= 0.3 is 5.97 Å². The van der Waals surface area contributed by atoms with Crippen LogP contribution in [0.5, 0.6) is 5.75 Å². The van der Waals surface area contributed by atoms with Gasteiger partial charge in [-0.1, -0.05) is 17.7 Å². The second kappa shape index (κ2) is 4.54. The van der Waals surface area contributed by atoms with Crippen LogP contribution >= 0.6 is 11.6 Å². The molecule has 1 heterocycles. The Labute approximate surface area is 118 Å². The minimum Gasteiger partial charge on any atom is -0.507 e. The molecule has 0 aliphatic heterocycles. The predicted octanol–water partition coefficient (Wildman–Crippen LogP) is 3.55. The zero-order chi connectivity index (χ0) is 14.3. The maximum Gasteiger partial charge on any atom is 0.338 e. The third-order valence-electron chi connectivity index (χ3n) is 2.84. The summed E-state index contributed by atoms with van der Waals surface area (Å²) in [6, 6.07) is 9.14. The molecule has 0 fully saturated rings. The van der Waals surface area contributed by atoms with Crippen LogP contribution in [0.3, 0.4) is 0 Å². The number of phenolic OH excluding ortho intramolecular Hbond substituents is 1. The number of aromatic hydroxyl groups is 1. The van der Waals surface area contributed by atoms with E-state index in [1.54, 1.807) is 24.3 Å². The Morgan fingerprint density at radius 1 is 1.25 bits per heavy atom. The maximum absolute atomic E-state index is 11.1. The van der Waals surface area contributed by atoms with Crippen LogP contribution in [-0.4, -0.2) is 21.2 Å². The molecule has 20 heavy (non-hydrogen) atoms. The quantitative estimate of drug-likeness (QED) is 0.753. The summed E-state index contributed by atoms with van der Waals surface area (Å²) >= 11 is 5.76. The van der Waals surface area contributed by atoms with Crippen LogP contribution in [-0.2, 0) is 0 Å². The van der Waals surface area contributed by atoms with E-state index in [-0.39, 0.29) is 22.7 Å². The molecule has 5 nitrogen and oxygen atoms in total. The van der Waals surface area contributed by atoms with Crippen molar-refractivity contribution in [3.05, 3.63) is 47.0 Å². The first-order valence-electron chi connectivity index (χ1n) is 5.68. The molecule has 0 radical (unpaired) electrons. The topological polar surface area (TPSA) is 83.6 Å². The molecule has 3 rings (SSSR count). The molecule has 0 saturated carbocycles. The SMILES string of the molecule is O=C(O)c1cccc2oc(-c3ccc(Cl)cc3O)nc12. The van der Waals surface area contributed by atoms with Gasteiger partial charge in [0.2, 0.25) is 5.89 Å². The van der Waals surface area contributed by atoms with Gasteiger partial charge in [0.25, 0.3) is 0 Å². The lowest BCUT2D eigenvalue weighted by Gasteiger charge is -1.99. The number of hydrogen-bond donors (Lipinski definition) is 2. The summed E-state index contributed by atoms with van der Waals surface area (Å²) in [5.41, 5.74) is 0.978. The van der Waals surface area contributed by atoms with Gasteiger partial charge in [-0.25, -0.2) is 9.78 Å². The number of hydrogen-bond acceptors (Lipinski definition) is 4. The van der Waals surface area contributed by atoms with Gasteiger partial charge in [-0.15, -0.1) is 0 Å². The minimum absolute atomic E-state index is 0.0472. The fourth-order valence-corrected chi connectivity index (χ4v) is 2.09. The number of aromatic nitrogens is 1. The normalized spacial score (nSPS) is 10.8. The molecule has 0 aliphatic rings. The standard InChI is InChI=1S/C14H8ClNO4/c15-7-4-5-8(10(17)6-7)13-16-12-9(14(18)19)2-1-3-11(12)20-13/h1-6,17H,(H,18,19). The van der Waals surface area contributed by atoms with Gasteiger partial charge in [-0.2, -0.15) is 0 Å². The van der Waals surface area contributed by atoms with Crippen molar-refractivity contribution in [2.75, 3.05) is 0 Å². The summed E-state index contributed by atoms with van der Waals surface area (Å²) in [5, 5.41) is 19.3. The van der Waals surface area contributed by atoms with Gasteiger partial charge in [-0.05, 0) is 30.3 Å². The number of benzene rings is 2. The summed E-state index contributed by atoms with van der Waals surface area (Å²) in [7, 11) is 0. The molecule has 0 saturated heterocycles. The number of halogens is 1. The third kappa shape index (κ3) is 1.98. The van der Waals surface area contributed by atoms with Crippen LogP contribution in [0.15, 0.2) is 40.8 Å². The van der Waals surface area contributed by atoms with Gasteiger partial charge in [0, 0.05) is 5.02 Å². The van der Waals surface area contributed by atoms with Gasteiger partial charge in [-0.3, -0.25) is 0 Å². The zero-order valence-corrected chi connectivity index (χ0v) is 10.8. The largest absolute Gasteiger partial charge is 0.507 e. The molecule has 3 aromatic rings. The van der Waals surface area contributed by atoms with Gasteiger partial charge in [0.1, 0.15) is 11.3 Å². The van der Waals surface area contributed by atoms with Crippen LogP contribution in [0.2, 0.25) is 5.02 Å². The molecule has 1 aromatic heterocycles. The molecular weight excluding hydrogens is 282 g/mol. The summed E-state index contributed by atoms with van der Waals surface area (Å²) in [6.45, 7) is 0. The Hall–Kier alpha value is -2.53. The number of fused-ring (bicyclic) bond motifs is 1. The number of para-hydroxylation sites is 1. The fourth-order valence-electron chi connectivity index (χ4n) is 1.92. The molecular formula is C14H8ClNO4. The molecule has 0 amide bonds. The van der Waals surface area contributed by atoms with Crippen molar-refractivity contribution >= 4 is 28.7 Å². The monoisotopic (exact) mass is 289 g/mol. The molecule has 0 aliphatic carbocycles. The van der Waals surface area contributed by atoms with Crippen molar-refractivity contribution in [1.29, 1.82) is 0 Å². The molecule has 0 spiro atoms. The number of oxazole rings is 1. The van der Waals surface area contributed by atoms with Gasteiger partial charge in [0.15, 0.2) is 5.58 Å². The van der Waals surface area contributed by atoms with E-state index in [4.69, 9.17) is 21.1 Å². The molecule has 2 N–H and O–H groups in total. The summed E-state index contributed by atoms with van der Waals surface area (Å²) < 4.78 is 5.49. The van der Waals surface area contributed by atoms with E-state index in [1.807, 2.05) is 0 Å². The van der Waals surface area contributed by atoms with Crippen molar-refractivity contribution < 1.29 is 19.4 Å². The van der Waals surface area contributed by atoms with Gasteiger partial charge < -0.3 is 14.6 Å². The second-order valence-electron chi connectivity index (χ2n) is 4.14. The van der Waals surface area contributed by atoms with Crippen molar-refractivity contribution in [2.24, 2.45) is 0 Å². The molecule has 0 atom stereocenters. The van der Waals surface area contributed by atoms with Crippen molar-refractivity contribution in [2.45, 2.75) is 0 Å². The van der Waals surface area contributed by atoms with Crippen molar-refractivity contribution in [1.82, 2.24) is 4.98 Å². The Morgan fingerprint density at radius 2 is 2.05 bits per heavy atom. The number of nitrogens with zero attached hydrogens (tertiary/aromatic N) is 1. The lowest BCUT2D eigenvalue weighted by Crippen LogP contribution is -1.96. The van der Waals surface area contributed by atoms with E-state index in [2.05, 4.69) is 4.98 Å². The fraction of sp³-hybridized carbons (Fsp3) is 0. The molecule has 6 heteroatoms. The number of carboxylic acids is 1. The number of carboxylic acid groups (broad SMARTS) is 1. The smallest absolute Gasteiger partial charge is 0.338 e. The van der Waals surface area contributed by atoms with E-state index >= 15 is 0 Å². The Bertz CT molecular complexity index is 825.